The number of hydrogen-bond donors (Lipinski definition) is 0. The second-order valence-corrected chi connectivity index (χ2v) is 8.12. The minimum Gasteiger partial charge on any atom is -0.381 e. The second-order valence-electron chi connectivity index (χ2n) is 7.22. The summed E-state index contributed by atoms with van der Waals surface area (Å²) in [6.45, 7) is 4.83. The highest BCUT2D eigenvalue weighted by atomic mass is 32.1. The van der Waals surface area contributed by atoms with Gasteiger partial charge in [-0.05, 0) is 23.4 Å². The van der Waals surface area contributed by atoms with Crippen molar-refractivity contribution >= 4 is 27.4 Å². The Labute approximate surface area is 157 Å². The molecule has 0 amide bonds. The van der Waals surface area contributed by atoms with E-state index in [-0.39, 0.29) is 0 Å². The van der Waals surface area contributed by atoms with Crippen LogP contribution >= 0.6 is 11.3 Å². The number of rotatable bonds is 3. The molecule has 134 valence electrons. The Bertz CT molecular complexity index is 910. The molecule has 2 aromatic heterocycles. The van der Waals surface area contributed by atoms with E-state index in [9.17, 15) is 0 Å². The molecule has 0 unspecified atom stereocenters. The van der Waals surface area contributed by atoms with Gasteiger partial charge >= 0.3 is 0 Å². The Morgan fingerprint density at radius 3 is 2.92 bits per heavy atom. The first-order valence-corrected chi connectivity index (χ1v) is 10.4. The van der Waals surface area contributed by atoms with Crippen LogP contribution < -0.4 is 4.90 Å². The van der Waals surface area contributed by atoms with Gasteiger partial charge in [-0.15, -0.1) is 11.3 Å². The van der Waals surface area contributed by atoms with Gasteiger partial charge in [-0.25, -0.2) is 9.97 Å². The van der Waals surface area contributed by atoms with Gasteiger partial charge in [0.25, 0.3) is 0 Å². The highest BCUT2D eigenvalue weighted by Gasteiger charge is 2.45. The summed E-state index contributed by atoms with van der Waals surface area (Å²) in [4.78, 5) is 13.4. The Hall–Kier alpha value is -1.98. The van der Waals surface area contributed by atoms with Gasteiger partial charge in [0.1, 0.15) is 16.5 Å². The molecule has 2 aliphatic rings. The van der Waals surface area contributed by atoms with E-state index >= 15 is 0 Å². The molecule has 0 radical (unpaired) electrons. The van der Waals surface area contributed by atoms with Crippen molar-refractivity contribution < 1.29 is 4.74 Å². The fourth-order valence-electron chi connectivity index (χ4n) is 4.56. The van der Waals surface area contributed by atoms with Crippen LogP contribution in [0.1, 0.15) is 30.7 Å². The number of nitrogens with zero attached hydrogens (tertiary/aromatic N) is 3. The zero-order valence-corrected chi connectivity index (χ0v) is 15.8. The molecule has 2 fully saturated rings. The third-order valence-corrected chi connectivity index (χ3v) is 6.65. The van der Waals surface area contributed by atoms with Crippen LogP contribution in [0, 0.1) is 5.92 Å². The van der Waals surface area contributed by atoms with Crippen molar-refractivity contribution in [3.63, 3.8) is 0 Å². The quantitative estimate of drug-likeness (QED) is 0.695. The molecule has 26 heavy (non-hydrogen) atoms. The molecule has 2 saturated heterocycles. The number of hydrogen-bond acceptors (Lipinski definition) is 5. The molecule has 5 heteroatoms. The number of anilines is 1. The minimum atomic E-state index is 0.496. The van der Waals surface area contributed by atoms with Crippen LogP contribution in [0.25, 0.3) is 10.2 Å². The van der Waals surface area contributed by atoms with Crippen molar-refractivity contribution in [3.05, 3.63) is 53.2 Å². The van der Waals surface area contributed by atoms with Gasteiger partial charge in [0, 0.05) is 37.5 Å². The molecule has 0 saturated carbocycles. The largest absolute Gasteiger partial charge is 0.381 e. The van der Waals surface area contributed by atoms with Crippen LogP contribution in [0.15, 0.2) is 41.8 Å². The summed E-state index contributed by atoms with van der Waals surface area (Å²) in [5, 5.41) is 3.33. The standard InChI is InChI=1S/C21H23N3OS/c1-2-19-22-20(15-9-11-26-21(15)23-19)24-12-16(14-6-4-3-5-7-14)17-13-25-10-8-18(17)24/h3-7,9,11,16-18H,2,8,10,12-13H2,1H3/t16-,17+,18+/m1/s1. The molecule has 3 aromatic rings. The number of fused-ring (bicyclic) bond motifs is 2. The van der Waals surface area contributed by atoms with Gasteiger partial charge in [0.05, 0.1) is 12.0 Å². The van der Waals surface area contributed by atoms with Crippen molar-refractivity contribution in [1.29, 1.82) is 0 Å². The lowest BCUT2D eigenvalue weighted by atomic mass is 9.84. The van der Waals surface area contributed by atoms with Crippen molar-refractivity contribution in [2.24, 2.45) is 5.92 Å². The van der Waals surface area contributed by atoms with E-state index in [1.165, 1.54) is 10.9 Å². The van der Waals surface area contributed by atoms with E-state index in [1.54, 1.807) is 11.3 Å². The molecular formula is C21H23N3OS. The fourth-order valence-corrected chi connectivity index (χ4v) is 5.34. The van der Waals surface area contributed by atoms with Gasteiger partial charge in [-0.3, -0.25) is 0 Å². The summed E-state index contributed by atoms with van der Waals surface area (Å²) >= 11 is 1.71. The maximum atomic E-state index is 5.88. The van der Waals surface area contributed by atoms with E-state index in [0.29, 0.717) is 17.9 Å². The normalized spacial score (nSPS) is 25.6. The molecule has 0 spiro atoms. The van der Waals surface area contributed by atoms with E-state index < -0.39 is 0 Å². The second kappa shape index (κ2) is 6.63. The SMILES string of the molecule is CCc1nc(N2C[C@H](c3ccccc3)[C@@H]3COCC[C@@H]32)c2ccsc2n1. The van der Waals surface area contributed by atoms with Crippen molar-refractivity contribution in [2.75, 3.05) is 24.7 Å². The van der Waals surface area contributed by atoms with Crippen LogP contribution in [0.5, 0.6) is 0 Å². The first-order chi connectivity index (χ1) is 12.8. The molecule has 0 bridgehead atoms. The Morgan fingerprint density at radius 1 is 1.19 bits per heavy atom. The summed E-state index contributed by atoms with van der Waals surface area (Å²) in [6, 6.07) is 13.6. The lowest BCUT2D eigenvalue weighted by molar-refractivity contribution is 0.0462. The Morgan fingerprint density at radius 2 is 2.08 bits per heavy atom. The van der Waals surface area contributed by atoms with E-state index in [1.807, 2.05) is 0 Å². The van der Waals surface area contributed by atoms with E-state index in [4.69, 9.17) is 14.7 Å². The molecule has 3 atom stereocenters. The van der Waals surface area contributed by atoms with E-state index in [2.05, 4.69) is 53.6 Å². The van der Waals surface area contributed by atoms with E-state index in [0.717, 1.165) is 49.1 Å². The molecule has 2 aliphatic heterocycles. The summed E-state index contributed by atoms with van der Waals surface area (Å²) < 4.78 is 5.88. The topological polar surface area (TPSA) is 38.2 Å². The third kappa shape index (κ3) is 2.61. The molecule has 4 nitrogen and oxygen atoms in total. The fraction of sp³-hybridized carbons (Fsp3) is 0.429. The van der Waals surface area contributed by atoms with Crippen molar-refractivity contribution in [2.45, 2.75) is 31.7 Å². The van der Waals surface area contributed by atoms with Gasteiger partial charge in [-0.1, -0.05) is 37.3 Å². The average molecular weight is 366 g/mol. The highest BCUT2D eigenvalue weighted by Crippen LogP contribution is 2.44. The lowest BCUT2D eigenvalue weighted by Gasteiger charge is -2.33. The molecule has 5 rings (SSSR count). The highest BCUT2D eigenvalue weighted by molar-refractivity contribution is 7.16. The molecule has 4 heterocycles. The predicted octanol–water partition coefficient (Wildman–Crippen LogP) is 4.26. The summed E-state index contributed by atoms with van der Waals surface area (Å²) in [5.41, 5.74) is 1.42. The first-order valence-electron chi connectivity index (χ1n) is 9.48. The van der Waals surface area contributed by atoms with Crippen LogP contribution in [-0.4, -0.2) is 35.8 Å². The number of ether oxygens (including phenoxy) is 1. The number of aromatic nitrogens is 2. The van der Waals surface area contributed by atoms with Gasteiger partial charge in [0.2, 0.25) is 0 Å². The van der Waals surface area contributed by atoms with Crippen molar-refractivity contribution in [1.82, 2.24) is 9.97 Å². The van der Waals surface area contributed by atoms with Crippen LogP contribution in [0.3, 0.4) is 0 Å². The molecule has 1 aromatic carbocycles. The van der Waals surface area contributed by atoms with Gasteiger partial charge in [-0.2, -0.15) is 0 Å². The first kappa shape index (κ1) is 16.2. The number of benzene rings is 1. The molecule has 0 N–H and O–H groups in total. The van der Waals surface area contributed by atoms with Crippen LogP contribution in [0.4, 0.5) is 5.82 Å². The summed E-state index contributed by atoms with van der Waals surface area (Å²) in [5.74, 6) is 3.10. The number of thiophene rings is 1. The molecule has 0 aliphatic carbocycles. The monoisotopic (exact) mass is 365 g/mol. The predicted molar refractivity (Wildman–Crippen MR) is 106 cm³/mol. The lowest BCUT2D eigenvalue weighted by Crippen LogP contribution is -2.39. The van der Waals surface area contributed by atoms with Gasteiger partial charge < -0.3 is 9.64 Å². The van der Waals surface area contributed by atoms with Crippen LogP contribution in [0.2, 0.25) is 0 Å². The molecular weight excluding hydrogens is 342 g/mol. The van der Waals surface area contributed by atoms with Gasteiger partial charge in [0.15, 0.2) is 0 Å². The Balaban J connectivity index is 1.60. The maximum Gasteiger partial charge on any atom is 0.141 e. The maximum absolute atomic E-state index is 5.88. The summed E-state index contributed by atoms with van der Waals surface area (Å²) in [7, 11) is 0. The van der Waals surface area contributed by atoms with Crippen LogP contribution in [-0.2, 0) is 11.2 Å². The average Bonchev–Trinajstić information content (AvgIpc) is 3.32. The zero-order valence-electron chi connectivity index (χ0n) is 15.0. The summed E-state index contributed by atoms with van der Waals surface area (Å²) in [6.07, 6.45) is 1.94. The smallest absolute Gasteiger partial charge is 0.141 e. The number of aryl methyl sites for hydroxylation is 1. The zero-order chi connectivity index (χ0) is 17.5. The minimum absolute atomic E-state index is 0.496. The van der Waals surface area contributed by atoms with Crippen molar-refractivity contribution in [3.8, 4) is 0 Å². The third-order valence-electron chi connectivity index (χ3n) is 5.84. The Kier molecular flexibility index (Phi) is 4.14.